The van der Waals surface area contributed by atoms with Crippen molar-refractivity contribution in [1.29, 1.82) is 0 Å². The predicted octanol–water partition coefficient (Wildman–Crippen LogP) is 4.21. The molecule has 4 aromatic rings. The zero-order chi connectivity index (χ0) is 22.3. The molecule has 2 aromatic carbocycles. The molecule has 0 radical (unpaired) electrons. The van der Waals surface area contributed by atoms with Crippen molar-refractivity contribution >= 4 is 29.0 Å². The van der Waals surface area contributed by atoms with Gasteiger partial charge in [-0.2, -0.15) is 0 Å². The number of amides is 2. The van der Waals surface area contributed by atoms with E-state index in [0.29, 0.717) is 33.6 Å². The maximum atomic E-state index is 12.8. The average Bonchev–Trinajstić information content (AvgIpc) is 2.85. The Bertz CT molecular complexity index is 1140. The van der Waals surface area contributed by atoms with Gasteiger partial charge in [-0.3, -0.25) is 24.4 Å². The van der Waals surface area contributed by atoms with E-state index in [4.69, 9.17) is 0 Å². The second-order valence-corrected chi connectivity index (χ2v) is 6.86. The van der Waals surface area contributed by atoms with Gasteiger partial charge in [0, 0.05) is 58.4 Å². The van der Waals surface area contributed by atoms with Gasteiger partial charge in [0.05, 0.1) is 0 Å². The van der Waals surface area contributed by atoms with E-state index in [9.17, 15) is 14.4 Å². The number of benzene rings is 2. The van der Waals surface area contributed by atoms with Crippen molar-refractivity contribution in [2.45, 2.75) is 0 Å². The van der Waals surface area contributed by atoms with Gasteiger partial charge in [-0.15, -0.1) is 0 Å². The highest BCUT2D eigenvalue weighted by Crippen LogP contribution is 2.17. The third-order valence-corrected chi connectivity index (χ3v) is 4.69. The van der Waals surface area contributed by atoms with Crippen LogP contribution >= 0.6 is 0 Å². The first-order valence-corrected chi connectivity index (χ1v) is 9.78. The van der Waals surface area contributed by atoms with Gasteiger partial charge < -0.3 is 10.6 Å². The fraction of sp³-hybridized carbons (Fsp3) is 0. The largest absolute Gasteiger partial charge is 0.322 e. The van der Waals surface area contributed by atoms with E-state index in [-0.39, 0.29) is 17.6 Å². The highest BCUT2D eigenvalue weighted by atomic mass is 16.2. The van der Waals surface area contributed by atoms with Crippen LogP contribution in [-0.4, -0.2) is 27.6 Å². The molecule has 2 heterocycles. The molecule has 0 spiro atoms. The number of pyridine rings is 2. The average molecular weight is 422 g/mol. The quantitative estimate of drug-likeness (QED) is 0.453. The Kier molecular flexibility index (Phi) is 6.08. The molecule has 0 aliphatic carbocycles. The van der Waals surface area contributed by atoms with Gasteiger partial charge in [-0.25, -0.2) is 0 Å². The van der Waals surface area contributed by atoms with E-state index in [0.717, 1.165) is 0 Å². The summed E-state index contributed by atoms with van der Waals surface area (Å²) in [5, 5.41) is 5.56. The van der Waals surface area contributed by atoms with Crippen molar-refractivity contribution in [2.75, 3.05) is 10.6 Å². The van der Waals surface area contributed by atoms with Crippen LogP contribution in [0.3, 0.4) is 0 Å². The number of rotatable bonds is 6. The standard InChI is InChI=1S/C25H18N4O3/c30-23(17-1-5-21(6-2-17)28-24(31)19-9-13-26-14-10-19)18-3-7-22(8-4-18)29-25(32)20-11-15-27-16-12-20/h1-16H,(H,28,31)(H,29,32). The number of hydrogen-bond acceptors (Lipinski definition) is 5. The minimum absolute atomic E-state index is 0.163. The summed E-state index contributed by atoms with van der Waals surface area (Å²) in [6.45, 7) is 0. The molecule has 2 aromatic heterocycles. The van der Waals surface area contributed by atoms with Crippen molar-refractivity contribution in [2.24, 2.45) is 0 Å². The van der Waals surface area contributed by atoms with Crippen LogP contribution in [-0.2, 0) is 0 Å². The van der Waals surface area contributed by atoms with Crippen LogP contribution in [0.1, 0.15) is 36.6 Å². The molecule has 0 bridgehead atoms. The lowest BCUT2D eigenvalue weighted by molar-refractivity contribution is 0.101. The molecule has 0 saturated carbocycles. The zero-order valence-corrected chi connectivity index (χ0v) is 16.9. The van der Waals surface area contributed by atoms with Crippen molar-refractivity contribution < 1.29 is 14.4 Å². The SMILES string of the molecule is O=C(Nc1ccc(C(=O)c2ccc(NC(=O)c3ccncc3)cc2)cc1)c1ccncc1. The molecular weight excluding hydrogens is 404 g/mol. The van der Waals surface area contributed by atoms with Crippen molar-refractivity contribution in [3.8, 4) is 0 Å². The number of aromatic nitrogens is 2. The van der Waals surface area contributed by atoms with E-state index < -0.39 is 0 Å². The molecule has 0 aliphatic rings. The first kappa shape index (κ1) is 20.6. The van der Waals surface area contributed by atoms with Crippen LogP contribution in [0.4, 0.5) is 11.4 Å². The third kappa shape index (κ3) is 4.91. The lowest BCUT2D eigenvalue weighted by atomic mass is 10.0. The van der Waals surface area contributed by atoms with E-state index >= 15 is 0 Å². The minimum atomic E-state index is -0.254. The fourth-order valence-electron chi connectivity index (χ4n) is 2.99. The molecule has 0 unspecified atom stereocenters. The number of hydrogen-bond donors (Lipinski definition) is 2. The van der Waals surface area contributed by atoms with Crippen LogP contribution in [0.5, 0.6) is 0 Å². The number of nitrogens with one attached hydrogen (secondary N) is 2. The Hall–Kier alpha value is -4.65. The van der Waals surface area contributed by atoms with Gasteiger partial charge >= 0.3 is 0 Å². The number of carbonyl (C=O) groups is 3. The topological polar surface area (TPSA) is 101 Å². The molecule has 4 rings (SSSR count). The first-order valence-electron chi connectivity index (χ1n) is 9.78. The molecule has 0 aliphatic heterocycles. The molecule has 2 amide bonds. The lowest BCUT2D eigenvalue weighted by Crippen LogP contribution is -2.12. The van der Waals surface area contributed by atoms with Gasteiger partial charge in [-0.05, 0) is 72.8 Å². The molecule has 0 atom stereocenters. The first-order chi connectivity index (χ1) is 15.6. The van der Waals surface area contributed by atoms with E-state index in [1.165, 1.54) is 0 Å². The highest BCUT2D eigenvalue weighted by molar-refractivity contribution is 6.10. The minimum Gasteiger partial charge on any atom is -0.322 e. The molecular formula is C25H18N4O3. The normalized spacial score (nSPS) is 10.2. The van der Waals surface area contributed by atoms with Gasteiger partial charge in [0.25, 0.3) is 11.8 Å². The molecule has 156 valence electrons. The molecule has 7 nitrogen and oxygen atoms in total. The van der Waals surface area contributed by atoms with Crippen LogP contribution in [0.2, 0.25) is 0 Å². The van der Waals surface area contributed by atoms with E-state index in [1.54, 1.807) is 97.6 Å². The molecule has 7 heteroatoms. The second-order valence-electron chi connectivity index (χ2n) is 6.86. The van der Waals surface area contributed by atoms with Crippen molar-refractivity contribution in [3.63, 3.8) is 0 Å². The molecule has 0 saturated heterocycles. The van der Waals surface area contributed by atoms with Crippen LogP contribution in [0.25, 0.3) is 0 Å². The van der Waals surface area contributed by atoms with Gasteiger partial charge in [0.2, 0.25) is 0 Å². The third-order valence-electron chi connectivity index (χ3n) is 4.69. The van der Waals surface area contributed by atoms with Gasteiger partial charge in [0.15, 0.2) is 5.78 Å². The lowest BCUT2D eigenvalue weighted by Gasteiger charge is -2.08. The zero-order valence-electron chi connectivity index (χ0n) is 16.9. The Morgan fingerprint density at radius 1 is 0.469 bits per heavy atom. The van der Waals surface area contributed by atoms with Gasteiger partial charge in [-0.1, -0.05) is 0 Å². The summed E-state index contributed by atoms with van der Waals surface area (Å²) >= 11 is 0. The maximum absolute atomic E-state index is 12.8. The van der Waals surface area contributed by atoms with Crippen LogP contribution in [0.15, 0.2) is 97.6 Å². The summed E-state index contributed by atoms with van der Waals surface area (Å²) in [5.41, 5.74) is 3.13. The Morgan fingerprint density at radius 3 is 1.16 bits per heavy atom. The molecule has 0 fully saturated rings. The summed E-state index contributed by atoms with van der Waals surface area (Å²) in [5.74, 6) is -0.671. The van der Waals surface area contributed by atoms with Crippen molar-refractivity contribution in [3.05, 3.63) is 120 Å². The number of nitrogens with zero attached hydrogens (tertiary/aromatic N) is 2. The Labute approximate surface area is 184 Å². The van der Waals surface area contributed by atoms with E-state index in [1.807, 2.05) is 0 Å². The monoisotopic (exact) mass is 422 g/mol. The second kappa shape index (κ2) is 9.44. The fourth-order valence-corrected chi connectivity index (χ4v) is 2.99. The summed E-state index contributed by atoms with van der Waals surface area (Å²) in [4.78, 5) is 45.0. The molecule has 2 N–H and O–H groups in total. The van der Waals surface area contributed by atoms with Gasteiger partial charge in [0.1, 0.15) is 0 Å². The van der Waals surface area contributed by atoms with Crippen LogP contribution < -0.4 is 10.6 Å². The summed E-state index contributed by atoms with van der Waals surface area (Å²) in [7, 11) is 0. The summed E-state index contributed by atoms with van der Waals surface area (Å²) < 4.78 is 0. The van der Waals surface area contributed by atoms with E-state index in [2.05, 4.69) is 20.6 Å². The summed E-state index contributed by atoms with van der Waals surface area (Å²) in [6, 6.07) is 19.8. The number of ketones is 1. The van der Waals surface area contributed by atoms with Crippen LogP contribution in [0, 0.1) is 0 Å². The Morgan fingerprint density at radius 2 is 0.812 bits per heavy atom. The summed E-state index contributed by atoms with van der Waals surface area (Å²) in [6.07, 6.45) is 6.19. The number of carbonyl (C=O) groups excluding carboxylic acids is 3. The Balaban J connectivity index is 1.39. The predicted molar refractivity (Wildman–Crippen MR) is 121 cm³/mol. The number of anilines is 2. The maximum Gasteiger partial charge on any atom is 0.255 e. The van der Waals surface area contributed by atoms with Crippen molar-refractivity contribution in [1.82, 2.24) is 9.97 Å². The molecule has 32 heavy (non-hydrogen) atoms. The highest BCUT2D eigenvalue weighted by Gasteiger charge is 2.11. The smallest absolute Gasteiger partial charge is 0.255 e.